The molecular formula is C22H22FN3O3. The van der Waals surface area contributed by atoms with E-state index in [0.717, 1.165) is 28.9 Å². The minimum Gasteiger partial charge on any atom is -0.319 e. The van der Waals surface area contributed by atoms with Crippen molar-refractivity contribution in [1.29, 1.82) is 0 Å². The summed E-state index contributed by atoms with van der Waals surface area (Å²) in [5.41, 5.74) is 1.27. The summed E-state index contributed by atoms with van der Waals surface area (Å²) >= 11 is 0. The second-order valence-corrected chi connectivity index (χ2v) is 7.35. The predicted molar refractivity (Wildman–Crippen MR) is 106 cm³/mol. The van der Waals surface area contributed by atoms with Crippen molar-refractivity contribution in [3.8, 4) is 0 Å². The van der Waals surface area contributed by atoms with Crippen LogP contribution < -0.4 is 10.2 Å². The van der Waals surface area contributed by atoms with E-state index >= 15 is 0 Å². The van der Waals surface area contributed by atoms with Crippen LogP contribution >= 0.6 is 0 Å². The van der Waals surface area contributed by atoms with E-state index in [9.17, 15) is 18.8 Å². The molecule has 29 heavy (non-hydrogen) atoms. The van der Waals surface area contributed by atoms with Crippen molar-refractivity contribution in [1.82, 2.24) is 10.2 Å². The average Bonchev–Trinajstić information content (AvgIpc) is 2.95. The molecule has 1 fully saturated rings. The van der Waals surface area contributed by atoms with Gasteiger partial charge in [0.05, 0.1) is 0 Å². The number of hydrogen-bond acceptors (Lipinski definition) is 3. The first-order valence-corrected chi connectivity index (χ1v) is 9.74. The van der Waals surface area contributed by atoms with Crippen LogP contribution in [0.4, 0.5) is 14.9 Å². The highest BCUT2D eigenvalue weighted by molar-refractivity contribution is 6.11. The first kappa shape index (κ1) is 19.1. The first-order chi connectivity index (χ1) is 14.0. The van der Waals surface area contributed by atoms with Crippen LogP contribution in [-0.2, 0) is 21.5 Å². The third-order valence-corrected chi connectivity index (χ3v) is 5.70. The molecule has 0 saturated carbocycles. The number of nitrogens with one attached hydrogen (secondary N) is 1. The van der Waals surface area contributed by atoms with Crippen molar-refractivity contribution in [2.24, 2.45) is 0 Å². The highest BCUT2D eigenvalue weighted by Gasteiger charge is 2.54. The monoisotopic (exact) mass is 395 g/mol. The lowest BCUT2D eigenvalue weighted by atomic mass is 9.76. The first-order valence-electron chi connectivity index (χ1n) is 9.74. The van der Waals surface area contributed by atoms with Crippen LogP contribution in [0.3, 0.4) is 0 Å². The molecule has 1 atom stereocenters. The normalized spacial score (nSPS) is 20.6. The largest absolute Gasteiger partial charge is 0.325 e. The summed E-state index contributed by atoms with van der Waals surface area (Å²) in [6.45, 7) is 1.76. The van der Waals surface area contributed by atoms with Gasteiger partial charge in [0.1, 0.15) is 17.9 Å². The Bertz CT molecular complexity index is 976. The maximum Gasteiger partial charge on any atom is 0.325 e. The predicted octanol–water partition coefficient (Wildman–Crippen LogP) is 2.96. The van der Waals surface area contributed by atoms with Gasteiger partial charge in [0.25, 0.3) is 5.91 Å². The van der Waals surface area contributed by atoms with E-state index in [-0.39, 0.29) is 6.54 Å². The quantitative estimate of drug-likeness (QED) is 0.810. The van der Waals surface area contributed by atoms with E-state index < -0.39 is 29.2 Å². The van der Waals surface area contributed by atoms with Crippen molar-refractivity contribution in [3.05, 3.63) is 65.5 Å². The van der Waals surface area contributed by atoms with Gasteiger partial charge in [-0.2, -0.15) is 0 Å². The van der Waals surface area contributed by atoms with Gasteiger partial charge in [-0.05, 0) is 61.6 Å². The molecule has 1 saturated heterocycles. The van der Waals surface area contributed by atoms with E-state index in [1.54, 1.807) is 6.92 Å². The highest BCUT2D eigenvalue weighted by atomic mass is 19.1. The number of benzene rings is 2. The number of carbonyl (C=O) groups excluding carboxylic acids is 3. The highest BCUT2D eigenvalue weighted by Crippen LogP contribution is 2.39. The molecule has 0 aromatic heterocycles. The number of urea groups is 1. The van der Waals surface area contributed by atoms with Crippen LogP contribution in [0.15, 0.2) is 48.5 Å². The molecule has 1 aliphatic heterocycles. The maximum absolute atomic E-state index is 13.3. The van der Waals surface area contributed by atoms with Crippen LogP contribution in [0, 0.1) is 5.82 Å². The van der Waals surface area contributed by atoms with Crippen molar-refractivity contribution >= 4 is 23.5 Å². The Morgan fingerprint density at radius 1 is 1.17 bits per heavy atom. The molecule has 0 radical (unpaired) electrons. The number of hydrogen-bond donors (Lipinski definition) is 1. The summed E-state index contributed by atoms with van der Waals surface area (Å²) in [5.74, 6) is -1.19. The summed E-state index contributed by atoms with van der Waals surface area (Å²) in [6, 6.07) is 12.6. The summed E-state index contributed by atoms with van der Waals surface area (Å²) in [5, 5.41) is 2.85. The fraction of sp³-hybridized carbons (Fsp3) is 0.318. The van der Waals surface area contributed by atoms with Crippen LogP contribution in [0.5, 0.6) is 0 Å². The molecule has 4 rings (SSSR count). The molecular weight excluding hydrogens is 373 g/mol. The number of amides is 4. The van der Waals surface area contributed by atoms with Gasteiger partial charge in [-0.3, -0.25) is 14.5 Å². The second kappa shape index (κ2) is 7.31. The molecule has 2 aliphatic rings. The molecule has 1 heterocycles. The Labute approximate surface area is 168 Å². The summed E-state index contributed by atoms with van der Waals surface area (Å²) in [4.78, 5) is 41.3. The number of likely N-dealkylation sites (N-methyl/N-ethyl adjacent to an activating group) is 1. The number of rotatable bonds is 4. The van der Waals surface area contributed by atoms with Gasteiger partial charge in [-0.25, -0.2) is 9.18 Å². The second-order valence-electron chi connectivity index (χ2n) is 7.35. The van der Waals surface area contributed by atoms with Gasteiger partial charge in [0, 0.05) is 12.2 Å². The Hall–Kier alpha value is -3.22. The lowest BCUT2D eigenvalue weighted by Gasteiger charge is -2.33. The number of imide groups is 1. The summed E-state index contributed by atoms with van der Waals surface area (Å²) < 4.78 is 13.2. The molecule has 1 N–H and O–H groups in total. The van der Waals surface area contributed by atoms with E-state index in [1.807, 2.05) is 24.3 Å². The molecule has 1 aliphatic carbocycles. The van der Waals surface area contributed by atoms with Crippen LogP contribution in [0.25, 0.3) is 0 Å². The van der Waals surface area contributed by atoms with Crippen molar-refractivity contribution < 1.29 is 18.8 Å². The molecule has 1 spiro atoms. The average molecular weight is 395 g/mol. The van der Waals surface area contributed by atoms with E-state index in [2.05, 4.69) is 5.32 Å². The maximum atomic E-state index is 13.3. The van der Waals surface area contributed by atoms with Gasteiger partial charge in [-0.15, -0.1) is 0 Å². The number of fused-ring (bicyclic) bond motifs is 2. The third kappa shape index (κ3) is 3.16. The number of aryl methyl sites for hydroxylation is 1. The topological polar surface area (TPSA) is 69.7 Å². The SMILES string of the molecule is CCN(C(=O)CN1C(=O)N[C@]2(CCCc3ccccc32)C1=O)c1ccc(F)cc1. The smallest absolute Gasteiger partial charge is 0.319 e. The minimum atomic E-state index is -1.10. The summed E-state index contributed by atoms with van der Waals surface area (Å²) in [7, 11) is 0. The zero-order chi connectivity index (χ0) is 20.6. The van der Waals surface area contributed by atoms with Crippen LogP contribution in [0.1, 0.15) is 30.9 Å². The Balaban J connectivity index is 1.59. The van der Waals surface area contributed by atoms with Gasteiger partial charge in [-0.1, -0.05) is 24.3 Å². The molecule has 6 nitrogen and oxygen atoms in total. The van der Waals surface area contributed by atoms with E-state index in [4.69, 9.17) is 0 Å². The molecule has 0 unspecified atom stereocenters. The molecule has 7 heteroatoms. The van der Waals surface area contributed by atoms with Gasteiger partial charge < -0.3 is 10.2 Å². The zero-order valence-electron chi connectivity index (χ0n) is 16.2. The molecule has 150 valence electrons. The van der Waals surface area contributed by atoms with Crippen LogP contribution in [-0.4, -0.2) is 35.8 Å². The Morgan fingerprint density at radius 2 is 1.90 bits per heavy atom. The number of nitrogens with zero attached hydrogens (tertiary/aromatic N) is 2. The van der Waals surface area contributed by atoms with Gasteiger partial charge in [0.2, 0.25) is 5.91 Å². The number of halogens is 1. The lowest BCUT2D eigenvalue weighted by molar-refractivity contribution is -0.135. The van der Waals surface area contributed by atoms with Crippen molar-refractivity contribution in [2.45, 2.75) is 31.7 Å². The molecule has 2 aromatic carbocycles. The Kier molecular flexibility index (Phi) is 4.82. The fourth-order valence-corrected chi connectivity index (χ4v) is 4.30. The summed E-state index contributed by atoms with van der Waals surface area (Å²) in [6.07, 6.45) is 2.14. The standard InChI is InChI=1S/C22H22FN3O3/c1-2-25(17-11-9-16(23)10-12-17)19(27)14-26-20(28)22(24-21(26)29)13-5-7-15-6-3-4-8-18(15)22/h3-4,6,8-12H,2,5,7,13-14H2,1H3,(H,24,29)/t22-/m0/s1. The van der Waals surface area contributed by atoms with E-state index in [1.165, 1.54) is 29.2 Å². The minimum absolute atomic E-state index is 0.335. The Morgan fingerprint density at radius 3 is 2.62 bits per heavy atom. The van der Waals surface area contributed by atoms with Crippen molar-refractivity contribution in [2.75, 3.05) is 18.0 Å². The van der Waals surface area contributed by atoms with Gasteiger partial charge >= 0.3 is 6.03 Å². The zero-order valence-corrected chi connectivity index (χ0v) is 16.2. The fourth-order valence-electron chi connectivity index (χ4n) is 4.30. The molecule has 2 aromatic rings. The molecule has 0 bridgehead atoms. The van der Waals surface area contributed by atoms with Gasteiger partial charge in [0.15, 0.2) is 0 Å². The third-order valence-electron chi connectivity index (χ3n) is 5.70. The number of anilines is 1. The van der Waals surface area contributed by atoms with E-state index in [0.29, 0.717) is 18.7 Å². The van der Waals surface area contributed by atoms with Crippen LogP contribution in [0.2, 0.25) is 0 Å². The number of carbonyl (C=O) groups is 3. The lowest BCUT2D eigenvalue weighted by Crippen LogP contribution is -2.47. The molecule has 4 amide bonds. The van der Waals surface area contributed by atoms with Crippen molar-refractivity contribution in [3.63, 3.8) is 0 Å².